The van der Waals surface area contributed by atoms with Gasteiger partial charge in [-0.2, -0.15) is 5.26 Å². The van der Waals surface area contributed by atoms with E-state index in [2.05, 4.69) is 48.3 Å². The Kier molecular flexibility index (Phi) is 8.96. The number of nitrogens with one attached hydrogen (secondary N) is 4. The highest BCUT2D eigenvalue weighted by molar-refractivity contribution is 9.10. The van der Waals surface area contributed by atoms with Crippen LogP contribution < -0.4 is 21.3 Å². The van der Waals surface area contributed by atoms with Crippen LogP contribution in [-0.2, 0) is 15.0 Å². The van der Waals surface area contributed by atoms with Crippen LogP contribution in [0.5, 0.6) is 5.75 Å². The molecule has 0 aliphatic carbocycles. The number of anilines is 2. The fraction of sp³-hybridized carbons (Fsp3) is 0.360. The number of phenolic OH excluding ortho intramolecular Hbond substituents is 1. The number of hydrogen-bond donors (Lipinski definition) is 7. The topological polar surface area (TPSA) is 179 Å². The van der Waals surface area contributed by atoms with Gasteiger partial charge in [0.1, 0.15) is 5.75 Å². The molecule has 1 aliphatic rings. The van der Waals surface area contributed by atoms with E-state index in [-0.39, 0.29) is 25.3 Å². The number of carbonyl (C=O) groups excluding carboxylic acids is 1. The summed E-state index contributed by atoms with van der Waals surface area (Å²) in [4.78, 5) is 28.5. The van der Waals surface area contributed by atoms with Gasteiger partial charge in [-0.15, -0.1) is 0 Å². The highest BCUT2D eigenvalue weighted by Gasteiger charge is 2.24. The molecule has 196 valence electrons. The van der Waals surface area contributed by atoms with Crippen LogP contribution in [0.1, 0.15) is 37.4 Å². The average molecular weight is 573 g/mol. The highest BCUT2D eigenvalue weighted by atomic mass is 79.9. The molecule has 2 aromatic rings. The van der Waals surface area contributed by atoms with Crippen molar-refractivity contribution in [2.45, 2.75) is 37.8 Å². The molecule has 1 aliphatic heterocycles. The minimum Gasteiger partial charge on any atom is -0.508 e. The fourth-order valence-electron chi connectivity index (χ4n) is 3.63. The number of aliphatic hydroxyl groups excluding tert-OH is 1. The standard InChI is InChI=1S/C25H29BrN6O5/c1-25(2,13-27)15-3-14(4-16(26)5-15)21(9-23(36)37)32-22(35)12-28-17-6-18(8-19(33)7-17)31-24-29-10-20(34)11-30-24/h3-8,20-21,28,33-34H,9-12H2,1-2H3,(H,32,35)(H,36,37)(H2,29,30,31)/t21-/m0/s1. The molecule has 0 fully saturated rings. The van der Waals surface area contributed by atoms with Crippen LogP contribution in [0, 0.1) is 11.3 Å². The normalized spacial score (nSPS) is 16.0. The van der Waals surface area contributed by atoms with E-state index < -0.39 is 29.4 Å². The lowest BCUT2D eigenvalue weighted by molar-refractivity contribution is -0.137. The number of β-amino-alcohol motifs (C(OH)–C–C–N with tert-alkyl or cyclic N) is 1. The number of aliphatic imine (C=N–C) groups is 1. The Labute approximate surface area is 222 Å². The molecule has 1 unspecified atom stereocenters. The third kappa shape index (κ3) is 8.09. The maximum Gasteiger partial charge on any atom is 0.305 e. The average Bonchev–Trinajstić information content (AvgIpc) is 2.83. The zero-order valence-electron chi connectivity index (χ0n) is 20.4. The van der Waals surface area contributed by atoms with Gasteiger partial charge in [-0.25, -0.2) is 0 Å². The van der Waals surface area contributed by atoms with Gasteiger partial charge in [0.2, 0.25) is 5.91 Å². The molecule has 12 heteroatoms. The third-order valence-corrected chi connectivity index (χ3v) is 6.09. The third-order valence-electron chi connectivity index (χ3n) is 5.64. The molecule has 2 aromatic carbocycles. The minimum atomic E-state index is -1.09. The van der Waals surface area contributed by atoms with E-state index in [0.29, 0.717) is 39.5 Å². The summed E-state index contributed by atoms with van der Waals surface area (Å²) < 4.78 is 0.664. The molecule has 11 nitrogen and oxygen atoms in total. The van der Waals surface area contributed by atoms with Crippen LogP contribution in [0.25, 0.3) is 0 Å². The van der Waals surface area contributed by atoms with Gasteiger partial charge in [-0.3, -0.25) is 14.6 Å². The van der Waals surface area contributed by atoms with Gasteiger partial charge >= 0.3 is 5.97 Å². The molecule has 2 atom stereocenters. The number of aliphatic carboxylic acids is 1. The first-order chi connectivity index (χ1) is 17.4. The quantitative estimate of drug-likeness (QED) is 0.237. The minimum absolute atomic E-state index is 0.0464. The second-order valence-corrected chi connectivity index (χ2v) is 10.1. The predicted octanol–water partition coefficient (Wildman–Crippen LogP) is 2.43. The van der Waals surface area contributed by atoms with E-state index >= 15 is 0 Å². The molecule has 0 saturated carbocycles. The van der Waals surface area contributed by atoms with E-state index in [1.54, 1.807) is 38.1 Å². The van der Waals surface area contributed by atoms with E-state index in [4.69, 9.17) is 0 Å². The molecule has 0 aromatic heterocycles. The Balaban J connectivity index is 1.70. The first kappa shape index (κ1) is 27.8. The number of hydrogen-bond acceptors (Lipinski definition) is 9. The molecule has 37 heavy (non-hydrogen) atoms. The van der Waals surface area contributed by atoms with E-state index in [0.717, 1.165) is 0 Å². The number of carboxylic acid groups (broad SMARTS) is 1. The van der Waals surface area contributed by atoms with Gasteiger partial charge in [0.25, 0.3) is 0 Å². The summed E-state index contributed by atoms with van der Waals surface area (Å²) in [5.74, 6) is -1.15. The zero-order valence-corrected chi connectivity index (χ0v) is 22.0. The van der Waals surface area contributed by atoms with E-state index in [1.807, 2.05) is 0 Å². The molecule has 0 spiro atoms. The largest absolute Gasteiger partial charge is 0.508 e. The summed E-state index contributed by atoms with van der Waals surface area (Å²) in [6, 6.07) is 11.2. The zero-order chi connectivity index (χ0) is 27.2. The number of nitrogens with zero attached hydrogens (tertiary/aromatic N) is 2. The van der Waals surface area contributed by atoms with Gasteiger partial charge in [-0.05, 0) is 43.2 Å². The van der Waals surface area contributed by atoms with E-state index in [9.17, 15) is 30.2 Å². The van der Waals surface area contributed by atoms with Gasteiger partial charge in [0.05, 0.1) is 43.1 Å². The molecule has 0 saturated heterocycles. The Morgan fingerprint density at radius 3 is 2.62 bits per heavy atom. The van der Waals surface area contributed by atoms with Crippen molar-refractivity contribution in [3.63, 3.8) is 0 Å². The summed E-state index contributed by atoms with van der Waals surface area (Å²) in [7, 11) is 0. The maximum atomic E-state index is 12.8. The number of guanidine groups is 1. The van der Waals surface area contributed by atoms with Crippen molar-refractivity contribution in [1.29, 1.82) is 5.26 Å². The molecule has 1 heterocycles. The number of nitriles is 1. The number of aliphatic hydroxyl groups is 1. The van der Waals surface area contributed by atoms with Crippen molar-refractivity contribution in [1.82, 2.24) is 10.6 Å². The number of phenols is 1. The lowest BCUT2D eigenvalue weighted by atomic mass is 9.84. The van der Waals surface area contributed by atoms with Crippen molar-refractivity contribution in [2.75, 3.05) is 30.3 Å². The number of rotatable bonds is 9. The Morgan fingerprint density at radius 2 is 1.97 bits per heavy atom. The predicted molar refractivity (Wildman–Crippen MR) is 142 cm³/mol. The van der Waals surface area contributed by atoms with E-state index in [1.165, 1.54) is 12.1 Å². The number of halogens is 1. The summed E-state index contributed by atoms with van der Waals surface area (Å²) in [6.45, 7) is 3.93. The maximum absolute atomic E-state index is 12.8. The summed E-state index contributed by atoms with van der Waals surface area (Å²) >= 11 is 3.41. The Morgan fingerprint density at radius 1 is 1.24 bits per heavy atom. The van der Waals surface area contributed by atoms with Crippen molar-refractivity contribution >= 4 is 45.1 Å². The number of carbonyl (C=O) groups is 2. The van der Waals surface area contributed by atoms with Crippen LogP contribution in [0.2, 0.25) is 0 Å². The van der Waals surface area contributed by atoms with Crippen LogP contribution in [0.3, 0.4) is 0 Å². The smallest absolute Gasteiger partial charge is 0.305 e. The monoisotopic (exact) mass is 572 g/mol. The molecular weight excluding hydrogens is 544 g/mol. The molecule has 7 N–H and O–H groups in total. The van der Waals surface area contributed by atoms with Gasteiger partial charge in [-0.1, -0.05) is 22.0 Å². The number of carboxylic acids is 1. The summed E-state index contributed by atoms with van der Waals surface area (Å²) in [6.07, 6.45) is -0.907. The Bertz CT molecular complexity index is 1240. The number of benzene rings is 2. The summed E-state index contributed by atoms with van der Waals surface area (Å²) in [5.41, 5.74) is 1.39. The number of aromatic hydroxyl groups is 1. The highest BCUT2D eigenvalue weighted by Crippen LogP contribution is 2.30. The number of amides is 1. The van der Waals surface area contributed by atoms with Crippen molar-refractivity contribution in [3.05, 3.63) is 52.0 Å². The first-order valence-corrected chi connectivity index (χ1v) is 12.3. The SMILES string of the molecule is CC(C)(C#N)c1cc(Br)cc([C@H](CC(=O)O)NC(=O)CNc2cc(O)cc(NC3=NCC(O)CN3)c2)c1. The van der Waals surface area contributed by atoms with Crippen LogP contribution in [0.15, 0.2) is 45.9 Å². The second kappa shape index (κ2) is 11.9. The first-order valence-electron chi connectivity index (χ1n) is 11.5. The van der Waals surface area contributed by atoms with Gasteiger partial charge < -0.3 is 36.6 Å². The van der Waals surface area contributed by atoms with Gasteiger partial charge in [0.15, 0.2) is 5.96 Å². The molecular formula is C25H29BrN6O5. The molecule has 0 bridgehead atoms. The summed E-state index contributed by atoms with van der Waals surface area (Å²) in [5, 5.41) is 50.1. The van der Waals surface area contributed by atoms with Crippen molar-refractivity contribution in [3.8, 4) is 11.8 Å². The second-order valence-electron chi connectivity index (χ2n) is 9.20. The Hall–Kier alpha value is -3.82. The lowest BCUT2D eigenvalue weighted by Gasteiger charge is -2.22. The molecule has 0 radical (unpaired) electrons. The van der Waals surface area contributed by atoms with Crippen LogP contribution in [-0.4, -0.2) is 58.9 Å². The molecule has 1 amide bonds. The van der Waals surface area contributed by atoms with Crippen LogP contribution in [0.4, 0.5) is 11.4 Å². The van der Waals surface area contributed by atoms with Crippen LogP contribution >= 0.6 is 15.9 Å². The molecule has 3 rings (SSSR count). The fourth-order valence-corrected chi connectivity index (χ4v) is 4.14. The lowest BCUT2D eigenvalue weighted by Crippen LogP contribution is -2.42. The van der Waals surface area contributed by atoms with Crippen molar-refractivity contribution < 1.29 is 24.9 Å². The van der Waals surface area contributed by atoms with Crippen molar-refractivity contribution in [2.24, 2.45) is 4.99 Å². The van der Waals surface area contributed by atoms with Gasteiger partial charge in [0, 0.05) is 34.5 Å².